The number of nitrogens with zero attached hydrogens (tertiary/aromatic N) is 2. The number of benzene rings is 1. The summed E-state index contributed by atoms with van der Waals surface area (Å²) >= 11 is 5.80. The number of amides is 2. The maximum absolute atomic E-state index is 13.1. The molecule has 0 aliphatic carbocycles. The van der Waals surface area contributed by atoms with Gasteiger partial charge in [0.15, 0.2) is 0 Å². The van der Waals surface area contributed by atoms with Gasteiger partial charge in [0.1, 0.15) is 22.2 Å². The molecule has 0 saturated carbocycles. The molecule has 0 radical (unpaired) electrons. The molecule has 1 fully saturated rings. The first-order valence-electron chi connectivity index (χ1n) is 10.2. The molecule has 2 rings (SSSR count). The molecular weight excluding hydrogens is 402 g/mol. The van der Waals surface area contributed by atoms with E-state index in [4.69, 9.17) is 21.7 Å². The summed E-state index contributed by atoms with van der Waals surface area (Å²) in [4.78, 5) is 28.4. The highest BCUT2D eigenvalue weighted by molar-refractivity contribution is 7.80. The largest absolute Gasteiger partial charge is 0.443 e. The lowest BCUT2D eigenvalue weighted by Gasteiger charge is -2.36. The number of ether oxygens (including phenoxy) is 2. The first kappa shape index (κ1) is 23.9. The summed E-state index contributed by atoms with van der Waals surface area (Å²) in [5.41, 5.74) is 1.89. The van der Waals surface area contributed by atoms with Crippen LogP contribution < -0.4 is 5.43 Å². The molecule has 30 heavy (non-hydrogen) atoms. The molecule has 0 bridgehead atoms. The van der Waals surface area contributed by atoms with Gasteiger partial charge in [-0.1, -0.05) is 42.5 Å². The van der Waals surface area contributed by atoms with Gasteiger partial charge in [-0.05, 0) is 59.9 Å². The fourth-order valence-corrected chi connectivity index (χ4v) is 3.50. The molecule has 166 valence electrons. The predicted octanol–water partition coefficient (Wildman–Crippen LogP) is 4.83. The number of rotatable bonds is 3. The average molecular weight is 436 g/mol. The standard InChI is InChI=1S/C22H33N3O4S/c1-21(2,3)28-19(26)23-25(20(27)29-22(4,5)6)17(16-12-8-7-9-13-16)18(30)24-14-10-11-15-24/h7-9,12-13,17H,10-11,14-15H2,1-6H3,(H,23,26). The van der Waals surface area contributed by atoms with Crippen molar-refractivity contribution in [2.24, 2.45) is 0 Å². The third-order valence-corrected chi connectivity index (χ3v) is 4.71. The van der Waals surface area contributed by atoms with Crippen molar-refractivity contribution in [2.45, 2.75) is 71.6 Å². The summed E-state index contributed by atoms with van der Waals surface area (Å²) in [7, 11) is 0. The van der Waals surface area contributed by atoms with Crippen molar-refractivity contribution in [3.8, 4) is 0 Å². The van der Waals surface area contributed by atoms with Gasteiger partial charge in [-0.15, -0.1) is 0 Å². The predicted molar refractivity (Wildman–Crippen MR) is 120 cm³/mol. The number of nitrogens with one attached hydrogen (secondary N) is 1. The topological polar surface area (TPSA) is 71.1 Å². The smallest absolute Gasteiger partial charge is 0.430 e. The molecule has 1 saturated heterocycles. The minimum absolute atomic E-state index is 0.556. The SMILES string of the molecule is CC(C)(C)OC(=O)NN(C(=O)OC(C)(C)C)C(C(=S)N1CCCC1)c1ccccc1. The molecule has 1 heterocycles. The Bertz CT molecular complexity index is 750. The molecule has 0 aromatic heterocycles. The van der Waals surface area contributed by atoms with E-state index in [1.54, 1.807) is 41.5 Å². The van der Waals surface area contributed by atoms with E-state index < -0.39 is 29.4 Å². The van der Waals surface area contributed by atoms with E-state index in [9.17, 15) is 9.59 Å². The normalized spacial score (nSPS) is 15.3. The summed E-state index contributed by atoms with van der Waals surface area (Å²) in [5, 5.41) is 1.15. The van der Waals surface area contributed by atoms with E-state index >= 15 is 0 Å². The second kappa shape index (κ2) is 9.64. The van der Waals surface area contributed by atoms with Crippen molar-refractivity contribution >= 4 is 29.4 Å². The highest BCUT2D eigenvalue weighted by Gasteiger charge is 2.37. The Balaban J connectivity index is 2.43. The van der Waals surface area contributed by atoms with Gasteiger partial charge in [0.25, 0.3) is 0 Å². The Morgan fingerprint density at radius 2 is 1.53 bits per heavy atom. The zero-order valence-electron chi connectivity index (χ0n) is 18.7. The van der Waals surface area contributed by atoms with Crippen molar-refractivity contribution in [3.63, 3.8) is 0 Å². The van der Waals surface area contributed by atoms with Gasteiger partial charge in [0.05, 0.1) is 0 Å². The number of hydrogen-bond donors (Lipinski definition) is 1. The number of hydrogen-bond acceptors (Lipinski definition) is 5. The quantitative estimate of drug-likeness (QED) is 0.542. The van der Waals surface area contributed by atoms with E-state index in [2.05, 4.69) is 10.3 Å². The van der Waals surface area contributed by atoms with Gasteiger partial charge < -0.3 is 14.4 Å². The second-order valence-electron chi connectivity index (χ2n) is 9.31. The number of carbonyl (C=O) groups excluding carboxylic acids is 2. The summed E-state index contributed by atoms with van der Waals surface area (Å²) in [6.07, 6.45) is 0.614. The van der Waals surface area contributed by atoms with Crippen molar-refractivity contribution in [1.82, 2.24) is 15.3 Å². The Kier molecular flexibility index (Phi) is 7.69. The number of hydrazine groups is 1. The van der Waals surface area contributed by atoms with Crippen LogP contribution in [0.2, 0.25) is 0 Å². The number of thiocarbonyl (C=S) groups is 1. The van der Waals surface area contributed by atoms with Crippen molar-refractivity contribution in [1.29, 1.82) is 0 Å². The molecule has 0 spiro atoms. The van der Waals surface area contributed by atoms with E-state index in [1.165, 1.54) is 0 Å². The first-order valence-corrected chi connectivity index (χ1v) is 10.6. The Morgan fingerprint density at radius 3 is 2.03 bits per heavy atom. The zero-order chi connectivity index (χ0) is 22.5. The van der Waals surface area contributed by atoms with Crippen molar-refractivity contribution in [2.75, 3.05) is 13.1 Å². The monoisotopic (exact) mass is 435 g/mol. The fraction of sp³-hybridized carbons (Fsp3) is 0.591. The van der Waals surface area contributed by atoms with Gasteiger partial charge in [0.2, 0.25) is 0 Å². The zero-order valence-corrected chi connectivity index (χ0v) is 19.5. The minimum atomic E-state index is -0.751. The summed E-state index contributed by atoms with van der Waals surface area (Å²) in [5.74, 6) is 0. The molecule has 1 aliphatic rings. The summed E-state index contributed by atoms with van der Waals surface area (Å²) in [6.45, 7) is 12.2. The Morgan fingerprint density at radius 1 is 1.00 bits per heavy atom. The van der Waals surface area contributed by atoms with Crippen LogP contribution in [0.15, 0.2) is 30.3 Å². The van der Waals surface area contributed by atoms with E-state index in [0.29, 0.717) is 4.99 Å². The third kappa shape index (κ3) is 7.16. The van der Waals surface area contributed by atoms with E-state index in [0.717, 1.165) is 36.5 Å². The second-order valence-corrected chi connectivity index (χ2v) is 9.73. The molecule has 2 amide bonds. The van der Waals surface area contributed by atoms with Gasteiger partial charge >= 0.3 is 12.2 Å². The average Bonchev–Trinajstić information content (AvgIpc) is 3.13. The van der Waals surface area contributed by atoms with E-state index in [1.807, 2.05) is 30.3 Å². The highest BCUT2D eigenvalue weighted by atomic mass is 32.1. The molecule has 1 aromatic rings. The lowest BCUT2D eigenvalue weighted by atomic mass is 10.1. The summed E-state index contributed by atoms with van der Waals surface area (Å²) < 4.78 is 11.0. The van der Waals surface area contributed by atoms with Gasteiger partial charge in [0, 0.05) is 13.1 Å². The molecule has 1 aromatic carbocycles. The molecule has 7 nitrogen and oxygen atoms in total. The number of carbonyl (C=O) groups is 2. The lowest BCUT2D eigenvalue weighted by molar-refractivity contribution is -0.00406. The number of likely N-dealkylation sites (tertiary alicyclic amines) is 1. The molecule has 1 N–H and O–H groups in total. The van der Waals surface area contributed by atoms with Crippen LogP contribution in [0, 0.1) is 0 Å². The van der Waals surface area contributed by atoms with Crippen LogP contribution >= 0.6 is 12.2 Å². The lowest BCUT2D eigenvalue weighted by Crippen LogP contribution is -2.54. The maximum atomic E-state index is 13.1. The van der Waals surface area contributed by atoms with Crippen LogP contribution in [0.4, 0.5) is 9.59 Å². The van der Waals surface area contributed by atoms with Crippen LogP contribution in [0.3, 0.4) is 0 Å². The van der Waals surface area contributed by atoms with E-state index in [-0.39, 0.29) is 0 Å². The molecule has 8 heteroatoms. The minimum Gasteiger partial charge on any atom is -0.443 e. The van der Waals surface area contributed by atoms with Crippen LogP contribution in [-0.2, 0) is 9.47 Å². The molecule has 1 unspecified atom stereocenters. The van der Waals surface area contributed by atoms with Gasteiger partial charge in [-0.2, -0.15) is 0 Å². The highest BCUT2D eigenvalue weighted by Crippen LogP contribution is 2.27. The summed E-state index contributed by atoms with van der Waals surface area (Å²) in [6, 6.07) is 8.67. The molecular formula is C22H33N3O4S. The Labute approximate surface area is 184 Å². The van der Waals surface area contributed by atoms with Gasteiger partial charge in [-0.3, -0.25) is 0 Å². The van der Waals surface area contributed by atoms with Crippen LogP contribution in [0.25, 0.3) is 0 Å². The Hall–Kier alpha value is -2.35. The fourth-order valence-electron chi connectivity index (χ4n) is 3.07. The van der Waals surface area contributed by atoms with Crippen molar-refractivity contribution in [3.05, 3.63) is 35.9 Å². The van der Waals surface area contributed by atoms with Crippen LogP contribution in [0.5, 0.6) is 0 Å². The van der Waals surface area contributed by atoms with Crippen molar-refractivity contribution < 1.29 is 19.1 Å². The van der Waals surface area contributed by atoms with Gasteiger partial charge in [-0.25, -0.2) is 20.0 Å². The molecule has 1 atom stereocenters. The van der Waals surface area contributed by atoms with Crippen LogP contribution in [-0.4, -0.2) is 51.4 Å². The first-order chi connectivity index (χ1) is 13.9. The third-order valence-electron chi connectivity index (χ3n) is 4.23. The van der Waals surface area contributed by atoms with Crippen LogP contribution in [0.1, 0.15) is 66.0 Å². The maximum Gasteiger partial charge on any atom is 0.430 e. The molecule has 1 aliphatic heterocycles.